The Balaban J connectivity index is 1.38. The molecule has 0 saturated carbocycles. The molecule has 1 aromatic heterocycles. The average molecular weight is 778 g/mol. The molecule has 5 unspecified atom stereocenters. The van der Waals surface area contributed by atoms with Crippen LogP contribution in [0.25, 0.3) is 0 Å². The van der Waals surface area contributed by atoms with Crippen molar-refractivity contribution in [2.45, 2.75) is 88.5 Å². The quantitative estimate of drug-likeness (QED) is 0.0690. The first-order valence-electron chi connectivity index (χ1n) is 17.7. The van der Waals surface area contributed by atoms with Crippen molar-refractivity contribution in [1.29, 1.82) is 0 Å². The number of phenolic OH excluding ortho intramolecular Hbond substituents is 1. The van der Waals surface area contributed by atoms with E-state index in [-0.39, 0.29) is 73.5 Å². The first kappa shape index (κ1) is 44.9. The second kappa shape index (κ2) is 22.1. The van der Waals surface area contributed by atoms with E-state index in [1.807, 2.05) is 34.0 Å². The van der Waals surface area contributed by atoms with Crippen molar-refractivity contribution in [3.63, 3.8) is 0 Å². The molecule has 0 spiro atoms. The number of ether oxygens (including phenoxy) is 4. The number of thioether (sulfide) groups is 1. The van der Waals surface area contributed by atoms with Crippen molar-refractivity contribution in [2.24, 2.45) is 4.99 Å². The molecule has 0 radical (unpaired) electrons. The first-order valence-corrected chi connectivity index (χ1v) is 19.0. The molecule has 3 rings (SSSR count). The van der Waals surface area contributed by atoms with Crippen molar-refractivity contribution in [3.8, 4) is 5.75 Å². The molecule has 1 saturated heterocycles. The molecule has 1 aliphatic rings. The molecule has 1 fully saturated rings. The molecule has 54 heavy (non-hydrogen) atoms. The van der Waals surface area contributed by atoms with Gasteiger partial charge in [0.25, 0.3) is 5.91 Å². The predicted molar refractivity (Wildman–Crippen MR) is 203 cm³/mol. The number of hydrogen-bond donors (Lipinski definition) is 7. The number of phenols is 1. The van der Waals surface area contributed by atoms with E-state index in [0.717, 1.165) is 5.56 Å². The maximum atomic E-state index is 13.1. The highest BCUT2D eigenvalue weighted by Gasteiger charge is 2.45. The Morgan fingerprint density at radius 3 is 2.39 bits per heavy atom. The second-order valence-electron chi connectivity index (χ2n) is 13.8. The minimum Gasteiger partial charge on any atom is -0.506 e. The van der Waals surface area contributed by atoms with Crippen LogP contribution in [0.5, 0.6) is 5.75 Å². The summed E-state index contributed by atoms with van der Waals surface area (Å²) >= 11 is 1.50. The van der Waals surface area contributed by atoms with Crippen molar-refractivity contribution in [2.75, 3.05) is 52.4 Å². The molecular weight excluding hydrogens is 722 g/mol. The fourth-order valence-electron chi connectivity index (χ4n) is 5.43. The van der Waals surface area contributed by atoms with Crippen LogP contribution >= 0.6 is 11.8 Å². The summed E-state index contributed by atoms with van der Waals surface area (Å²) in [5.74, 6) is -0.721. The Bertz CT molecular complexity index is 1520. The van der Waals surface area contributed by atoms with Crippen LogP contribution in [0.3, 0.4) is 0 Å². The van der Waals surface area contributed by atoms with Gasteiger partial charge in [-0.25, -0.2) is 0 Å². The van der Waals surface area contributed by atoms with Crippen LogP contribution in [0, 0.1) is 0 Å². The van der Waals surface area contributed by atoms with Crippen LogP contribution in [0.2, 0.25) is 0 Å². The maximum Gasteiger partial charge on any atom is 0.269 e. The van der Waals surface area contributed by atoms with Crippen LogP contribution in [0.15, 0.2) is 41.5 Å². The molecule has 16 nitrogen and oxygen atoms in total. The zero-order valence-corrected chi connectivity index (χ0v) is 32.5. The van der Waals surface area contributed by atoms with Gasteiger partial charge in [0.1, 0.15) is 41.5 Å². The molecule has 0 aliphatic carbocycles. The van der Waals surface area contributed by atoms with Crippen LogP contribution < -0.4 is 16.0 Å². The van der Waals surface area contributed by atoms with E-state index in [2.05, 4.69) is 25.9 Å². The number of hydrogen-bond acceptors (Lipinski definition) is 15. The molecular formula is C37H55N5O11S. The Kier molecular flexibility index (Phi) is 18.4. The molecule has 0 bridgehead atoms. The van der Waals surface area contributed by atoms with Crippen molar-refractivity contribution >= 4 is 41.3 Å². The zero-order valence-electron chi connectivity index (χ0n) is 31.7. The van der Waals surface area contributed by atoms with Crippen LogP contribution in [0.1, 0.15) is 56.2 Å². The average Bonchev–Trinajstić information content (AvgIpc) is 3.13. The molecule has 7 atom stereocenters. The smallest absolute Gasteiger partial charge is 0.269 e. The summed E-state index contributed by atoms with van der Waals surface area (Å²) in [4.78, 5) is 45.8. The summed E-state index contributed by atoms with van der Waals surface area (Å²) in [6.45, 7) is 9.80. The summed E-state index contributed by atoms with van der Waals surface area (Å²) in [6.07, 6.45) is 0.435. The summed E-state index contributed by atoms with van der Waals surface area (Å²) in [7, 11) is 0. The van der Waals surface area contributed by atoms with Gasteiger partial charge in [0.15, 0.2) is 12.1 Å². The summed E-state index contributed by atoms with van der Waals surface area (Å²) in [5, 5.41) is 48.7. The Labute approximate surface area is 320 Å². The molecule has 2 heterocycles. The SMILES string of the molecule is CSC(C)C(=O)C(Cc1ccc(O)c(N=Cc2ccc(C(=O)NCCOCCOCCO[C@@H]3OC(CO)[C@H](O)C(O)C3NC(C)=O)nc2)c1)NC(C)(C)C. The molecule has 1 aromatic carbocycles. The van der Waals surface area contributed by atoms with Gasteiger partial charge >= 0.3 is 0 Å². The topological polar surface area (TPSA) is 230 Å². The minimum atomic E-state index is -1.39. The largest absolute Gasteiger partial charge is 0.506 e. The molecule has 2 amide bonds. The van der Waals surface area contributed by atoms with Crippen LogP contribution in [-0.2, 0) is 35.0 Å². The van der Waals surface area contributed by atoms with Gasteiger partial charge in [-0.05, 0) is 70.2 Å². The monoisotopic (exact) mass is 777 g/mol. The van der Waals surface area contributed by atoms with Crippen molar-refractivity contribution in [1.82, 2.24) is 20.9 Å². The number of carbonyl (C=O) groups excluding carboxylic acids is 3. The fourth-order valence-corrected chi connectivity index (χ4v) is 5.82. The third-order valence-corrected chi connectivity index (χ3v) is 9.16. The number of rotatable bonds is 21. The van der Waals surface area contributed by atoms with Crippen LogP contribution in [0.4, 0.5) is 5.69 Å². The van der Waals surface area contributed by atoms with Crippen molar-refractivity contribution in [3.05, 3.63) is 53.3 Å². The lowest BCUT2D eigenvalue weighted by molar-refractivity contribution is -0.272. The standard InChI is InChI=1S/C37H55N5O11S/c1-22(54-6)32(46)28(42-37(3,4)5)18-24-8-10-29(45)27(17-24)40-20-25-7-9-26(39-19-25)35(49)38-11-12-50-13-14-51-15-16-52-36-31(41-23(2)44)34(48)33(47)30(21-43)53-36/h7-10,17,19-20,22,28,30-31,33-34,36,42-43,45,47-48H,11-16,18,21H2,1-6H3,(H,38,49)(H,41,44)/t22?,28?,30?,31?,33-,34?,36+/m0/s1. The van der Waals surface area contributed by atoms with Gasteiger partial charge in [0.05, 0.1) is 50.9 Å². The molecule has 1 aliphatic heterocycles. The maximum absolute atomic E-state index is 13.1. The number of pyridine rings is 1. The van der Waals surface area contributed by atoms with Gasteiger partial charge in [-0.1, -0.05) is 6.07 Å². The highest BCUT2D eigenvalue weighted by Crippen LogP contribution is 2.28. The van der Waals surface area contributed by atoms with E-state index < -0.39 is 49.2 Å². The van der Waals surface area contributed by atoms with Gasteiger partial charge in [0, 0.05) is 37.0 Å². The number of ketones is 1. The number of amides is 2. The number of nitrogens with zero attached hydrogens (tertiary/aromatic N) is 2. The fraction of sp³-hybridized carbons (Fsp3) is 0.595. The van der Waals surface area contributed by atoms with E-state index in [1.54, 1.807) is 30.3 Å². The summed E-state index contributed by atoms with van der Waals surface area (Å²) in [6, 6.07) is 6.92. The molecule has 7 N–H and O–H groups in total. The normalized spacial score (nSPS) is 21.5. The van der Waals surface area contributed by atoms with E-state index in [0.29, 0.717) is 17.7 Å². The van der Waals surface area contributed by atoms with E-state index in [1.165, 1.54) is 31.1 Å². The minimum absolute atomic E-state index is 0.00472. The van der Waals surface area contributed by atoms with Crippen LogP contribution in [-0.4, -0.2) is 149 Å². The van der Waals surface area contributed by atoms with Crippen molar-refractivity contribution < 1.29 is 53.8 Å². The van der Waals surface area contributed by atoms with Gasteiger partial charge in [-0.15, -0.1) is 0 Å². The lowest BCUT2D eigenvalue weighted by Crippen LogP contribution is -2.64. The van der Waals surface area contributed by atoms with E-state index in [9.17, 15) is 34.8 Å². The number of aromatic hydroxyl groups is 1. The predicted octanol–water partition coefficient (Wildman–Crippen LogP) is 0.881. The lowest BCUT2D eigenvalue weighted by atomic mass is 9.97. The summed E-state index contributed by atoms with van der Waals surface area (Å²) < 4.78 is 22.0. The highest BCUT2D eigenvalue weighted by atomic mass is 32.2. The number of aromatic nitrogens is 1. The Hall–Kier alpha value is -3.52. The Morgan fingerprint density at radius 1 is 1.06 bits per heavy atom. The molecule has 2 aromatic rings. The number of nitrogens with one attached hydrogen (secondary N) is 3. The zero-order chi connectivity index (χ0) is 39.8. The highest BCUT2D eigenvalue weighted by molar-refractivity contribution is 7.99. The second-order valence-corrected chi connectivity index (χ2v) is 15.0. The summed E-state index contributed by atoms with van der Waals surface area (Å²) in [5.41, 5.74) is 1.75. The molecule has 300 valence electrons. The van der Waals surface area contributed by atoms with E-state index >= 15 is 0 Å². The first-order chi connectivity index (χ1) is 25.6. The van der Waals surface area contributed by atoms with Gasteiger partial charge < -0.3 is 55.3 Å². The van der Waals surface area contributed by atoms with Gasteiger partial charge in [-0.3, -0.25) is 24.4 Å². The third kappa shape index (κ3) is 14.6. The lowest BCUT2D eigenvalue weighted by Gasteiger charge is -2.42. The number of carbonyl (C=O) groups is 3. The Morgan fingerprint density at radius 2 is 1.76 bits per heavy atom. The molecule has 17 heteroatoms. The number of aliphatic hydroxyl groups excluding tert-OH is 3. The third-order valence-electron chi connectivity index (χ3n) is 8.22. The number of Topliss-reactive ketones (excluding diaryl/α,β-unsaturated/α-hetero) is 1. The number of aliphatic imine (C=N–C) groups is 1. The van der Waals surface area contributed by atoms with Gasteiger partial charge in [0.2, 0.25) is 5.91 Å². The number of benzene rings is 1. The number of aliphatic hydroxyl groups is 3. The van der Waals surface area contributed by atoms with E-state index in [4.69, 9.17) is 18.9 Å². The van der Waals surface area contributed by atoms with Gasteiger partial charge in [-0.2, -0.15) is 11.8 Å².